The summed E-state index contributed by atoms with van der Waals surface area (Å²) in [5, 5.41) is 0.443. The number of nitrogens with two attached hydrogens (primary N) is 1. The average Bonchev–Trinajstić information content (AvgIpc) is 2.66. The van der Waals surface area contributed by atoms with Gasteiger partial charge in [0.1, 0.15) is 0 Å². The van der Waals surface area contributed by atoms with Crippen molar-refractivity contribution < 1.29 is 27.5 Å². The number of carbonyl (C=O) groups excluding carboxylic acids is 3. The predicted octanol–water partition coefficient (Wildman–Crippen LogP) is 0.370. The largest absolute Gasteiger partial charge is 0.453 e. The fraction of sp³-hybridized carbons (Fsp3) is 0.471. The van der Waals surface area contributed by atoms with Gasteiger partial charge in [0.2, 0.25) is 15.9 Å². The number of hydrogen-bond donors (Lipinski definition) is 1. The number of primary amides is 1. The molecular weight excluding hydrogens is 410 g/mol. The lowest BCUT2D eigenvalue weighted by Gasteiger charge is -2.34. The fourth-order valence-electron chi connectivity index (χ4n) is 2.61. The van der Waals surface area contributed by atoms with Gasteiger partial charge < -0.3 is 15.4 Å². The number of amides is 2. The van der Waals surface area contributed by atoms with Crippen LogP contribution in [-0.2, 0) is 29.1 Å². The van der Waals surface area contributed by atoms with Gasteiger partial charge in [0.15, 0.2) is 6.10 Å². The Morgan fingerprint density at radius 2 is 1.68 bits per heavy atom. The molecule has 1 saturated heterocycles. The number of nitrogens with zero attached hydrogens (tertiary/aromatic N) is 2. The molecule has 1 aliphatic heterocycles. The molecule has 1 heterocycles. The van der Waals surface area contributed by atoms with E-state index in [0.29, 0.717) is 5.02 Å². The lowest BCUT2D eigenvalue weighted by molar-refractivity contribution is -0.154. The molecule has 2 rings (SSSR count). The molecule has 0 unspecified atom stereocenters. The highest BCUT2D eigenvalue weighted by atomic mass is 35.5. The quantitative estimate of drug-likeness (QED) is 0.621. The zero-order valence-electron chi connectivity index (χ0n) is 15.3. The second-order valence-corrected chi connectivity index (χ2v) is 8.65. The van der Waals surface area contributed by atoms with Gasteiger partial charge in [0.05, 0.1) is 11.3 Å². The number of hydrogen-bond acceptors (Lipinski definition) is 6. The van der Waals surface area contributed by atoms with E-state index >= 15 is 0 Å². The van der Waals surface area contributed by atoms with Crippen molar-refractivity contribution in [1.29, 1.82) is 0 Å². The van der Waals surface area contributed by atoms with E-state index in [1.807, 2.05) is 0 Å². The maximum Gasteiger partial charge on any atom is 0.307 e. The third-order valence-electron chi connectivity index (χ3n) is 4.29. The van der Waals surface area contributed by atoms with Crippen molar-refractivity contribution in [1.82, 2.24) is 9.21 Å². The Bertz CT molecular complexity index is 835. The first-order valence-corrected chi connectivity index (χ1v) is 10.5. The van der Waals surface area contributed by atoms with E-state index < -0.39 is 28.0 Å². The monoisotopic (exact) mass is 431 g/mol. The normalized spacial score (nSPS) is 16.4. The standard InChI is InChI=1S/C17H22ClN3O6S/c1-12(17(19)24)27-16(23)7-6-15(22)20-8-10-21(11-9-20)28(25,26)14-4-2-13(18)3-5-14/h2-5,12H,6-11H2,1H3,(H2,19,24)/t12-/m0/s1. The molecule has 2 N–H and O–H groups in total. The summed E-state index contributed by atoms with van der Waals surface area (Å²) in [6.07, 6.45) is -1.32. The van der Waals surface area contributed by atoms with Gasteiger partial charge in [-0.15, -0.1) is 0 Å². The summed E-state index contributed by atoms with van der Waals surface area (Å²) in [4.78, 5) is 36.3. The average molecular weight is 432 g/mol. The third-order valence-corrected chi connectivity index (χ3v) is 6.46. The second-order valence-electron chi connectivity index (χ2n) is 6.27. The van der Waals surface area contributed by atoms with Crippen molar-refractivity contribution >= 4 is 39.4 Å². The molecule has 1 atom stereocenters. The summed E-state index contributed by atoms with van der Waals surface area (Å²) in [5.74, 6) is -1.74. The maximum absolute atomic E-state index is 12.6. The molecular formula is C17H22ClN3O6S. The van der Waals surface area contributed by atoms with Crippen molar-refractivity contribution in [3.63, 3.8) is 0 Å². The van der Waals surface area contributed by atoms with E-state index in [2.05, 4.69) is 0 Å². The van der Waals surface area contributed by atoms with Crippen LogP contribution in [0.1, 0.15) is 19.8 Å². The molecule has 1 aromatic carbocycles. The van der Waals surface area contributed by atoms with Gasteiger partial charge in [0.25, 0.3) is 5.91 Å². The van der Waals surface area contributed by atoms with Crippen LogP contribution in [0.2, 0.25) is 5.02 Å². The van der Waals surface area contributed by atoms with E-state index in [-0.39, 0.29) is 49.8 Å². The highest BCUT2D eigenvalue weighted by Gasteiger charge is 2.30. The van der Waals surface area contributed by atoms with Crippen LogP contribution >= 0.6 is 11.6 Å². The molecule has 9 nitrogen and oxygen atoms in total. The molecule has 0 aromatic heterocycles. The highest BCUT2D eigenvalue weighted by Crippen LogP contribution is 2.20. The first kappa shape index (κ1) is 22.1. The van der Waals surface area contributed by atoms with Gasteiger partial charge in [-0.3, -0.25) is 14.4 Å². The Labute approximate surface area is 168 Å². The van der Waals surface area contributed by atoms with Gasteiger partial charge >= 0.3 is 5.97 Å². The molecule has 0 spiro atoms. The van der Waals surface area contributed by atoms with Crippen molar-refractivity contribution in [2.24, 2.45) is 5.73 Å². The molecule has 1 aromatic rings. The van der Waals surface area contributed by atoms with Crippen LogP contribution in [0.5, 0.6) is 0 Å². The van der Waals surface area contributed by atoms with Gasteiger partial charge in [-0.25, -0.2) is 8.42 Å². The molecule has 0 saturated carbocycles. The molecule has 0 aliphatic carbocycles. The Morgan fingerprint density at radius 1 is 1.11 bits per heavy atom. The summed E-state index contributed by atoms with van der Waals surface area (Å²) >= 11 is 5.79. The zero-order valence-corrected chi connectivity index (χ0v) is 16.9. The van der Waals surface area contributed by atoms with Gasteiger partial charge in [-0.2, -0.15) is 4.31 Å². The van der Waals surface area contributed by atoms with Gasteiger partial charge in [0, 0.05) is 37.6 Å². The predicted molar refractivity (Wildman–Crippen MR) is 101 cm³/mol. The Hall–Kier alpha value is -2.17. The number of rotatable bonds is 7. The van der Waals surface area contributed by atoms with Crippen LogP contribution in [-0.4, -0.2) is 67.7 Å². The molecule has 1 aliphatic rings. The second kappa shape index (κ2) is 9.35. The number of esters is 1. The molecule has 2 amide bonds. The lowest BCUT2D eigenvalue weighted by Crippen LogP contribution is -2.50. The molecule has 0 radical (unpaired) electrons. The minimum absolute atomic E-state index is 0.0890. The number of benzene rings is 1. The Morgan fingerprint density at radius 3 is 2.21 bits per heavy atom. The van der Waals surface area contributed by atoms with Crippen LogP contribution in [0.25, 0.3) is 0 Å². The first-order chi connectivity index (χ1) is 13.1. The van der Waals surface area contributed by atoms with Gasteiger partial charge in [-0.1, -0.05) is 11.6 Å². The Kier molecular flexibility index (Phi) is 7.39. The molecule has 154 valence electrons. The van der Waals surface area contributed by atoms with E-state index in [1.165, 1.54) is 40.4 Å². The fourth-order valence-corrected chi connectivity index (χ4v) is 4.16. The summed E-state index contributed by atoms with van der Waals surface area (Å²) in [6.45, 7) is 2.10. The van der Waals surface area contributed by atoms with Gasteiger partial charge in [-0.05, 0) is 31.2 Å². The van der Waals surface area contributed by atoms with E-state index in [4.69, 9.17) is 22.1 Å². The number of ether oxygens (including phenoxy) is 1. The van der Waals surface area contributed by atoms with Crippen molar-refractivity contribution in [3.8, 4) is 0 Å². The van der Waals surface area contributed by atoms with Crippen molar-refractivity contribution in [2.75, 3.05) is 26.2 Å². The zero-order chi connectivity index (χ0) is 20.9. The highest BCUT2D eigenvalue weighted by molar-refractivity contribution is 7.89. The third kappa shape index (κ3) is 5.66. The summed E-state index contributed by atoms with van der Waals surface area (Å²) in [6, 6.07) is 5.89. The molecule has 0 bridgehead atoms. The summed E-state index contributed by atoms with van der Waals surface area (Å²) < 4.78 is 31.4. The summed E-state index contributed by atoms with van der Waals surface area (Å²) in [5.41, 5.74) is 5.00. The number of piperazine rings is 1. The number of halogens is 1. The van der Waals surface area contributed by atoms with E-state index in [0.717, 1.165) is 0 Å². The van der Waals surface area contributed by atoms with Crippen molar-refractivity contribution in [2.45, 2.75) is 30.8 Å². The van der Waals surface area contributed by atoms with Crippen LogP contribution in [0, 0.1) is 0 Å². The maximum atomic E-state index is 12.6. The minimum atomic E-state index is -3.66. The van der Waals surface area contributed by atoms with E-state index in [1.54, 1.807) is 0 Å². The van der Waals surface area contributed by atoms with E-state index in [9.17, 15) is 22.8 Å². The van der Waals surface area contributed by atoms with Crippen LogP contribution in [0.15, 0.2) is 29.2 Å². The Balaban J connectivity index is 1.84. The first-order valence-electron chi connectivity index (χ1n) is 8.63. The smallest absolute Gasteiger partial charge is 0.307 e. The molecule has 11 heteroatoms. The molecule has 1 fully saturated rings. The number of sulfonamides is 1. The lowest BCUT2D eigenvalue weighted by atomic mass is 10.2. The summed E-state index contributed by atoms with van der Waals surface area (Å²) in [7, 11) is -3.66. The van der Waals surface area contributed by atoms with Crippen LogP contribution in [0.3, 0.4) is 0 Å². The van der Waals surface area contributed by atoms with Crippen LogP contribution in [0.4, 0.5) is 0 Å². The van der Waals surface area contributed by atoms with Crippen molar-refractivity contribution in [3.05, 3.63) is 29.3 Å². The molecule has 28 heavy (non-hydrogen) atoms. The number of carbonyl (C=O) groups is 3. The minimum Gasteiger partial charge on any atom is -0.453 e. The topological polar surface area (TPSA) is 127 Å². The van der Waals surface area contributed by atoms with Crippen LogP contribution < -0.4 is 5.73 Å². The SMILES string of the molecule is C[C@H](OC(=O)CCC(=O)N1CCN(S(=O)(=O)c2ccc(Cl)cc2)CC1)C(N)=O.